The Morgan fingerprint density at radius 3 is 2.00 bits per heavy atom. The third kappa shape index (κ3) is 6.88. The number of methoxy groups -OCH3 is 4. The van der Waals surface area contributed by atoms with Gasteiger partial charge in [0, 0.05) is 7.05 Å². The Morgan fingerprint density at radius 1 is 0.857 bits per heavy atom. The lowest BCUT2D eigenvalue weighted by molar-refractivity contribution is 0.336. The van der Waals surface area contributed by atoms with Gasteiger partial charge in [-0.15, -0.1) is 0 Å². The van der Waals surface area contributed by atoms with E-state index in [4.69, 9.17) is 18.9 Å². The summed E-state index contributed by atoms with van der Waals surface area (Å²) >= 11 is 0. The van der Waals surface area contributed by atoms with Crippen molar-refractivity contribution in [3.63, 3.8) is 0 Å². The summed E-state index contributed by atoms with van der Waals surface area (Å²) in [6, 6.07) is 14.5. The summed E-state index contributed by atoms with van der Waals surface area (Å²) in [5, 5.41) is 18.9. The van der Waals surface area contributed by atoms with Gasteiger partial charge < -0.3 is 18.9 Å². The van der Waals surface area contributed by atoms with Gasteiger partial charge in [-0.3, -0.25) is 0 Å². The minimum Gasteiger partial charge on any atom is -0.493 e. The average molecular weight is 482 g/mol. The number of nitriles is 1. The molecule has 0 aliphatic rings. The molecule has 0 N–H and O–H groups in total. The predicted octanol–water partition coefficient (Wildman–Crippen LogP) is 6.39. The standard InChI is InChI=1S/C28H39N3O4/c1-20(2)28(19-29,22-12-15-25(33-5)27(18-22)35-7)16-8-9-23(31-30-3)13-10-21-11-14-24(32-4)26(17-21)34-6/h11-12,14-15,17-18,20,23H,8-10,13,16H2,1-7H3/b31-30+. The van der Waals surface area contributed by atoms with E-state index in [1.807, 2.05) is 30.3 Å². The van der Waals surface area contributed by atoms with Crippen LogP contribution in [0.5, 0.6) is 23.0 Å². The highest BCUT2D eigenvalue weighted by atomic mass is 16.5. The summed E-state index contributed by atoms with van der Waals surface area (Å²) in [4.78, 5) is 0. The van der Waals surface area contributed by atoms with Crippen molar-refractivity contribution >= 4 is 0 Å². The van der Waals surface area contributed by atoms with Gasteiger partial charge in [-0.05, 0) is 73.4 Å². The molecule has 0 aliphatic heterocycles. The van der Waals surface area contributed by atoms with Gasteiger partial charge in [0.05, 0.1) is 46.0 Å². The zero-order valence-corrected chi connectivity index (χ0v) is 22.1. The molecule has 0 saturated heterocycles. The lowest BCUT2D eigenvalue weighted by atomic mass is 9.69. The van der Waals surface area contributed by atoms with Gasteiger partial charge in [0.15, 0.2) is 23.0 Å². The molecule has 0 heterocycles. The number of hydrogen-bond donors (Lipinski definition) is 0. The third-order valence-corrected chi connectivity index (χ3v) is 6.69. The molecule has 2 aromatic rings. The summed E-state index contributed by atoms with van der Waals surface area (Å²) in [7, 11) is 8.21. The lowest BCUT2D eigenvalue weighted by Gasteiger charge is -2.32. The molecule has 0 aliphatic carbocycles. The van der Waals surface area contributed by atoms with Crippen LogP contribution in [0.15, 0.2) is 46.6 Å². The zero-order chi connectivity index (χ0) is 25.8. The van der Waals surface area contributed by atoms with E-state index in [-0.39, 0.29) is 12.0 Å². The number of rotatable bonds is 14. The number of benzene rings is 2. The first-order chi connectivity index (χ1) is 16.9. The molecule has 2 atom stereocenters. The summed E-state index contributed by atoms with van der Waals surface area (Å²) < 4.78 is 21.6. The first kappa shape index (κ1) is 28.0. The molecule has 7 nitrogen and oxygen atoms in total. The fourth-order valence-electron chi connectivity index (χ4n) is 4.54. The lowest BCUT2D eigenvalue weighted by Crippen LogP contribution is -2.31. The molecule has 2 rings (SSSR count). The number of aryl methyl sites for hydroxylation is 1. The first-order valence-electron chi connectivity index (χ1n) is 12.0. The average Bonchev–Trinajstić information content (AvgIpc) is 2.88. The summed E-state index contributed by atoms with van der Waals surface area (Å²) in [5.74, 6) is 2.87. The van der Waals surface area contributed by atoms with Crippen LogP contribution in [0.2, 0.25) is 0 Å². The quantitative estimate of drug-likeness (QED) is 0.292. The summed E-state index contributed by atoms with van der Waals surface area (Å²) in [5.41, 5.74) is 1.49. The molecule has 2 unspecified atom stereocenters. The van der Waals surface area contributed by atoms with E-state index in [1.165, 1.54) is 0 Å². The molecule has 190 valence electrons. The van der Waals surface area contributed by atoms with Crippen LogP contribution in [0.25, 0.3) is 0 Å². The largest absolute Gasteiger partial charge is 0.493 e. The van der Waals surface area contributed by atoms with E-state index in [9.17, 15) is 5.26 Å². The zero-order valence-electron chi connectivity index (χ0n) is 22.1. The molecule has 35 heavy (non-hydrogen) atoms. The Bertz CT molecular complexity index is 1020. The Morgan fingerprint density at radius 2 is 1.46 bits per heavy atom. The van der Waals surface area contributed by atoms with Crippen LogP contribution in [-0.4, -0.2) is 41.5 Å². The van der Waals surface area contributed by atoms with Crippen molar-refractivity contribution in [2.24, 2.45) is 16.1 Å². The van der Waals surface area contributed by atoms with Crippen molar-refractivity contribution in [1.82, 2.24) is 0 Å². The van der Waals surface area contributed by atoms with E-state index in [1.54, 1.807) is 35.5 Å². The number of ether oxygens (including phenoxy) is 4. The highest BCUT2D eigenvalue weighted by molar-refractivity contribution is 5.47. The Labute approximate surface area is 210 Å². The van der Waals surface area contributed by atoms with Crippen molar-refractivity contribution in [3.05, 3.63) is 47.5 Å². The van der Waals surface area contributed by atoms with Crippen LogP contribution in [0.1, 0.15) is 50.7 Å². The van der Waals surface area contributed by atoms with E-state index >= 15 is 0 Å². The SMILES string of the molecule is C/N=N/C(CCCC(C#N)(c1ccc(OC)c(OC)c1)C(C)C)CCc1ccc(OC)c(OC)c1. The van der Waals surface area contributed by atoms with Crippen LogP contribution in [0.3, 0.4) is 0 Å². The minimum absolute atomic E-state index is 0.0852. The maximum absolute atomic E-state index is 10.3. The fraction of sp³-hybridized carbons (Fsp3) is 0.536. The van der Waals surface area contributed by atoms with Gasteiger partial charge in [-0.1, -0.05) is 26.0 Å². The molecule has 7 heteroatoms. The third-order valence-electron chi connectivity index (χ3n) is 6.69. The van der Waals surface area contributed by atoms with Crippen LogP contribution in [0, 0.1) is 17.2 Å². The second kappa shape index (κ2) is 13.6. The molecule has 0 bridgehead atoms. The summed E-state index contributed by atoms with van der Waals surface area (Å²) in [6.45, 7) is 4.19. The molecule has 0 saturated carbocycles. The molecule has 2 aromatic carbocycles. The highest BCUT2D eigenvalue weighted by Crippen LogP contribution is 2.41. The summed E-state index contributed by atoms with van der Waals surface area (Å²) in [6.07, 6.45) is 4.16. The Balaban J connectivity index is 2.12. The Hall–Kier alpha value is -3.27. The van der Waals surface area contributed by atoms with E-state index < -0.39 is 5.41 Å². The smallest absolute Gasteiger partial charge is 0.161 e. The van der Waals surface area contributed by atoms with Crippen molar-refractivity contribution in [2.75, 3.05) is 35.5 Å². The van der Waals surface area contributed by atoms with Gasteiger partial charge in [-0.25, -0.2) is 0 Å². The fourth-order valence-corrected chi connectivity index (χ4v) is 4.54. The molecule has 0 fully saturated rings. The molecule has 0 amide bonds. The van der Waals surface area contributed by atoms with Crippen molar-refractivity contribution in [2.45, 2.75) is 57.4 Å². The predicted molar refractivity (Wildman–Crippen MR) is 138 cm³/mol. The van der Waals surface area contributed by atoms with E-state index in [2.05, 4.69) is 36.2 Å². The van der Waals surface area contributed by atoms with Crippen molar-refractivity contribution in [1.29, 1.82) is 5.26 Å². The maximum Gasteiger partial charge on any atom is 0.161 e. The molecule has 0 radical (unpaired) electrons. The van der Waals surface area contributed by atoms with Gasteiger partial charge in [0.25, 0.3) is 0 Å². The highest BCUT2D eigenvalue weighted by Gasteiger charge is 2.36. The van der Waals surface area contributed by atoms with Crippen LogP contribution in [-0.2, 0) is 11.8 Å². The number of azo groups is 1. The van der Waals surface area contributed by atoms with Gasteiger partial charge >= 0.3 is 0 Å². The Kier molecular flexibility index (Phi) is 10.8. The first-order valence-corrected chi connectivity index (χ1v) is 12.0. The molecule has 0 spiro atoms. The number of nitrogens with zero attached hydrogens (tertiary/aromatic N) is 3. The van der Waals surface area contributed by atoms with E-state index in [0.717, 1.165) is 54.7 Å². The van der Waals surface area contributed by atoms with Crippen LogP contribution >= 0.6 is 0 Å². The monoisotopic (exact) mass is 481 g/mol. The van der Waals surface area contributed by atoms with Crippen molar-refractivity contribution in [3.8, 4) is 29.1 Å². The maximum atomic E-state index is 10.3. The molecule has 0 aromatic heterocycles. The van der Waals surface area contributed by atoms with Crippen LogP contribution in [0.4, 0.5) is 0 Å². The van der Waals surface area contributed by atoms with Gasteiger partial charge in [0.1, 0.15) is 0 Å². The second-order valence-electron chi connectivity index (χ2n) is 8.90. The van der Waals surface area contributed by atoms with Crippen LogP contribution < -0.4 is 18.9 Å². The second-order valence-corrected chi connectivity index (χ2v) is 8.90. The van der Waals surface area contributed by atoms with E-state index in [0.29, 0.717) is 11.5 Å². The minimum atomic E-state index is -0.628. The molecular weight excluding hydrogens is 442 g/mol. The topological polar surface area (TPSA) is 85.4 Å². The van der Waals surface area contributed by atoms with Crippen molar-refractivity contribution < 1.29 is 18.9 Å². The molecular formula is C28H39N3O4. The van der Waals surface area contributed by atoms with Gasteiger partial charge in [0.2, 0.25) is 0 Å². The number of hydrogen-bond acceptors (Lipinski definition) is 7. The van der Waals surface area contributed by atoms with Gasteiger partial charge in [-0.2, -0.15) is 15.5 Å². The normalized spacial score (nSPS) is 13.8.